The summed E-state index contributed by atoms with van der Waals surface area (Å²) in [5.41, 5.74) is 4.10. The van der Waals surface area contributed by atoms with Gasteiger partial charge in [-0.2, -0.15) is 0 Å². The van der Waals surface area contributed by atoms with E-state index in [0.717, 1.165) is 22.5 Å². The van der Waals surface area contributed by atoms with Crippen molar-refractivity contribution in [1.29, 1.82) is 0 Å². The van der Waals surface area contributed by atoms with Crippen LogP contribution < -0.4 is 10.4 Å². The molecule has 0 heterocycles. The molecular weight excluding hydrogens is 337 g/mol. The Morgan fingerprint density at radius 2 is 0.857 bits per heavy atom. The Labute approximate surface area is 166 Å². The highest BCUT2D eigenvalue weighted by Crippen LogP contribution is 2.36. The molecule has 5 aromatic carbocycles. The maximum Gasteiger partial charge on any atom is 0.113 e. The van der Waals surface area contributed by atoms with E-state index in [1.54, 1.807) is 0 Å². The van der Waals surface area contributed by atoms with Crippen LogP contribution in [0.15, 0.2) is 109 Å². The first-order valence-electron chi connectivity index (χ1n) is 9.41. The Hall–Kier alpha value is -3.52. The van der Waals surface area contributed by atoms with E-state index in [2.05, 4.69) is 102 Å². The second-order valence-corrected chi connectivity index (χ2v) is 6.99. The Morgan fingerprint density at radius 3 is 1.36 bits per heavy atom. The molecule has 2 heteroatoms. The van der Waals surface area contributed by atoms with Crippen molar-refractivity contribution in [2.75, 3.05) is 4.90 Å². The highest BCUT2D eigenvalue weighted by Gasteiger charge is 2.13. The predicted molar refractivity (Wildman–Crippen MR) is 122 cm³/mol. The van der Waals surface area contributed by atoms with Gasteiger partial charge in [0.1, 0.15) is 7.85 Å². The fourth-order valence-electron chi connectivity index (χ4n) is 3.70. The zero-order chi connectivity index (χ0) is 18.9. The lowest BCUT2D eigenvalue weighted by molar-refractivity contribution is 1.30. The molecule has 0 spiro atoms. The molecule has 0 amide bonds. The summed E-state index contributed by atoms with van der Waals surface area (Å²) in [6.45, 7) is 0. The van der Waals surface area contributed by atoms with Gasteiger partial charge in [-0.15, -0.1) is 0 Å². The monoisotopic (exact) mass is 355 g/mol. The lowest BCUT2D eigenvalue weighted by Crippen LogP contribution is -2.11. The molecule has 0 N–H and O–H groups in total. The number of rotatable bonds is 3. The van der Waals surface area contributed by atoms with Crippen LogP contribution >= 0.6 is 0 Å². The van der Waals surface area contributed by atoms with Crippen molar-refractivity contribution in [2.45, 2.75) is 0 Å². The number of hydrogen-bond acceptors (Lipinski definition) is 1. The van der Waals surface area contributed by atoms with E-state index in [-0.39, 0.29) is 0 Å². The van der Waals surface area contributed by atoms with Crippen LogP contribution in [-0.2, 0) is 0 Å². The number of hydrogen-bond donors (Lipinski definition) is 0. The van der Waals surface area contributed by atoms with Crippen molar-refractivity contribution in [2.24, 2.45) is 0 Å². The average Bonchev–Trinajstić information content (AvgIpc) is 2.75. The SMILES string of the molecule is [B]c1ccc(N(c2ccc3ccccc3c2)c2ccc3ccccc3c2)cc1. The maximum atomic E-state index is 5.93. The lowest BCUT2D eigenvalue weighted by atomic mass is 9.96. The van der Waals surface area contributed by atoms with Gasteiger partial charge in [-0.3, -0.25) is 0 Å². The minimum absolute atomic E-state index is 0.765. The average molecular weight is 355 g/mol. The zero-order valence-electron chi connectivity index (χ0n) is 15.4. The first-order chi connectivity index (χ1) is 13.8. The number of fused-ring (bicyclic) bond motifs is 2. The number of nitrogens with zero attached hydrogens (tertiary/aromatic N) is 1. The van der Waals surface area contributed by atoms with E-state index in [9.17, 15) is 0 Å². The summed E-state index contributed by atoms with van der Waals surface area (Å²) in [4.78, 5) is 2.28. The van der Waals surface area contributed by atoms with Gasteiger partial charge in [0, 0.05) is 17.1 Å². The third kappa shape index (κ3) is 3.03. The summed E-state index contributed by atoms with van der Waals surface area (Å²) in [7, 11) is 5.93. The van der Waals surface area contributed by atoms with Gasteiger partial charge >= 0.3 is 0 Å². The zero-order valence-corrected chi connectivity index (χ0v) is 15.4. The van der Waals surface area contributed by atoms with E-state index in [1.807, 2.05) is 12.1 Å². The molecule has 130 valence electrons. The van der Waals surface area contributed by atoms with Crippen molar-refractivity contribution in [3.05, 3.63) is 109 Å². The quantitative estimate of drug-likeness (QED) is 0.346. The first kappa shape index (κ1) is 16.6. The molecule has 1 nitrogen and oxygen atoms in total. The number of anilines is 3. The molecule has 5 aromatic rings. The van der Waals surface area contributed by atoms with Crippen LogP contribution in [0.1, 0.15) is 0 Å². The molecule has 5 rings (SSSR count). The van der Waals surface area contributed by atoms with Gasteiger partial charge < -0.3 is 4.90 Å². The third-order valence-corrected chi connectivity index (χ3v) is 5.13. The van der Waals surface area contributed by atoms with E-state index in [4.69, 9.17) is 7.85 Å². The molecular formula is C26H18BN. The Kier molecular flexibility index (Phi) is 4.10. The molecule has 28 heavy (non-hydrogen) atoms. The van der Waals surface area contributed by atoms with Crippen molar-refractivity contribution < 1.29 is 0 Å². The highest BCUT2D eigenvalue weighted by atomic mass is 15.1. The fourth-order valence-corrected chi connectivity index (χ4v) is 3.70. The smallest absolute Gasteiger partial charge is 0.113 e. The molecule has 0 aromatic heterocycles. The van der Waals surface area contributed by atoms with Crippen LogP contribution in [0.25, 0.3) is 21.5 Å². The maximum absolute atomic E-state index is 5.93. The van der Waals surface area contributed by atoms with Gasteiger partial charge in [-0.25, -0.2) is 0 Å². The Morgan fingerprint density at radius 1 is 0.429 bits per heavy atom. The standard InChI is InChI=1S/C26H18BN/c27-23-11-15-24(16-12-23)28(25-13-9-19-5-1-3-7-21(19)17-25)26-14-10-20-6-2-4-8-22(20)18-26/h1-18H. The summed E-state index contributed by atoms with van der Waals surface area (Å²) in [5, 5.41) is 4.92. The molecule has 0 atom stereocenters. The van der Waals surface area contributed by atoms with Gasteiger partial charge in [-0.05, 0) is 57.9 Å². The lowest BCUT2D eigenvalue weighted by Gasteiger charge is -2.26. The molecule has 0 fully saturated rings. The molecule has 0 aliphatic carbocycles. The number of benzene rings is 5. The fraction of sp³-hybridized carbons (Fsp3) is 0. The minimum Gasteiger partial charge on any atom is -0.310 e. The summed E-state index contributed by atoms with van der Waals surface area (Å²) in [6, 6.07) is 38.1. The molecule has 0 aliphatic rings. The molecule has 2 radical (unpaired) electrons. The van der Waals surface area contributed by atoms with Crippen LogP contribution in [0.2, 0.25) is 0 Å². The van der Waals surface area contributed by atoms with Gasteiger partial charge in [0.15, 0.2) is 0 Å². The predicted octanol–water partition coefficient (Wildman–Crippen LogP) is 6.26. The Balaban J connectivity index is 1.72. The molecule has 0 aliphatic heterocycles. The van der Waals surface area contributed by atoms with Crippen LogP contribution in [0.5, 0.6) is 0 Å². The van der Waals surface area contributed by atoms with Crippen LogP contribution in [0.3, 0.4) is 0 Å². The normalized spacial score (nSPS) is 11.0. The molecule has 0 saturated carbocycles. The van der Waals surface area contributed by atoms with E-state index in [0.29, 0.717) is 0 Å². The second-order valence-electron chi connectivity index (χ2n) is 6.99. The van der Waals surface area contributed by atoms with E-state index < -0.39 is 0 Å². The molecule has 0 saturated heterocycles. The topological polar surface area (TPSA) is 3.24 Å². The third-order valence-electron chi connectivity index (χ3n) is 5.13. The van der Waals surface area contributed by atoms with E-state index in [1.165, 1.54) is 21.5 Å². The van der Waals surface area contributed by atoms with Crippen molar-refractivity contribution >= 4 is 51.9 Å². The highest BCUT2D eigenvalue weighted by molar-refractivity contribution is 6.32. The van der Waals surface area contributed by atoms with Gasteiger partial charge in [0.25, 0.3) is 0 Å². The van der Waals surface area contributed by atoms with Crippen LogP contribution in [0, 0.1) is 0 Å². The largest absolute Gasteiger partial charge is 0.310 e. The van der Waals surface area contributed by atoms with Crippen LogP contribution in [0.4, 0.5) is 17.1 Å². The van der Waals surface area contributed by atoms with Crippen molar-refractivity contribution in [1.82, 2.24) is 0 Å². The Bertz CT molecular complexity index is 1200. The summed E-state index contributed by atoms with van der Waals surface area (Å²) in [6.07, 6.45) is 0. The summed E-state index contributed by atoms with van der Waals surface area (Å²) >= 11 is 0. The molecule has 0 bridgehead atoms. The van der Waals surface area contributed by atoms with Gasteiger partial charge in [0.05, 0.1) is 0 Å². The first-order valence-corrected chi connectivity index (χ1v) is 9.41. The van der Waals surface area contributed by atoms with Crippen molar-refractivity contribution in [3.63, 3.8) is 0 Å². The second kappa shape index (κ2) is 6.90. The van der Waals surface area contributed by atoms with Gasteiger partial charge in [0.2, 0.25) is 0 Å². The minimum atomic E-state index is 0.765. The molecule has 0 unspecified atom stereocenters. The van der Waals surface area contributed by atoms with Gasteiger partial charge in [-0.1, -0.05) is 78.3 Å². The van der Waals surface area contributed by atoms with Crippen molar-refractivity contribution in [3.8, 4) is 0 Å². The van der Waals surface area contributed by atoms with E-state index >= 15 is 0 Å². The van der Waals surface area contributed by atoms with Crippen LogP contribution in [-0.4, -0.2) is 7.85 Å². The summed E-state index contributed by atoms with van der Waals surface area (Å²) in [5.74, 6) is 0. The summed E-state index contributed by atoms with van der Waals surface area (Å²) < 4.78 is 0.